The number of hydrazone groups is 1. The van der Waals surface area contributed by atoms with E-state index in [2.05, 4.69) is 21.2 Å². The molecule has 0 saturated carbocycles. The molecule has 3 N–H and O–H groups in total. The first-order chi connectivity index (χ1) is 15.0. The summed E-state index contributed by atoms with van der Waals surface area (Å²) in [6.07, 6.45) is -5.70. The molecule has 2 unspecified atom stereocenters. The fourth-order valence-corrected chi connectivity index (χ4v) is 3.77. The number of carbonyl (C=O) groups is 2. The van der Waals surface area contributed by atoms with Gasteiger partial charge in [-0.05, 0) is 25.5 Å². The maximum atomic E-state index is 13.1. The number of amidine groups is 1. The molecule has 32 heavy (non-hydrogen) atoms. The van der Waals surface area contributed by atoms with Gasteiger partial charge >= 0.3 is 12.3 Å². The highest BCUT2D eigenvalue weighted by molar-refractivity contribution is 6.00. The second kappa shape index (κ2) is 9.76. The van der Waals surface area contributed by atoms with Crippen molar-refractivity contribution in [1.82, 2.24) is 16.1 Å². The Labute approximate surface area is 183 Å². The number of carbonyl (C=O) groups excluding carboxylic acids is 2. The fourth-order valence-electron chi connectivity index (χ4n) is 3.77. The summed E-state index contributed by atoms with van der Waals surface area (Å²) in [6.45, 7) is 5.73. The van der Waals surface area contributed by atoms with Crippen LogP contribution in [0.5, 0.6) is 0 Å². The van der Waals surface area contributed by atoms with Gasteiger partial charge in [0.1, 0.15) is 11.9 Å². The van der Waals surface area contributed by atoms with Crippen molar-refractivity contribution in [3.8, 4) is 0 Å². The zero-order chi connectivity index (χ0) is 23.5. The molecular weight excluding hydrogens is 429 g/mol. The van der Waals surface area contributed by atoms with Gasteiger partial charge in [0.15, 0.2) is 0 Å². The van der Waals surface area contributed by atoms with Gasteiger partial charge in [0.2, 0.25) is 5.91 Å². The standard InChI is InChI=1S/C21H27F3N4O4/c1-11(2)25-20(30)32-14-9-16(31-10-14)18-12(3)19(28-27-18)26-17(29)8-13-6-4-5-7-15(13)21(22,23)24/h4-7,11-12,14,16,18,27H,8-10H2,1-3H3,(H,25,30)(H,26,28,29)/t12?,14-,16-,18?/m1/s1. The van der Waals surface area contributed by atoms with E-state index >= 15 is 0 Å². The molecule has 1 saturated heterocycles. The van der Waals surface area contributed by atoms with Gasteiger partial charge < -0.3 is 25.5 Å². The van der Waals surface area contributed by atoms with Crippen LogP contribution in [-0.2, 0) is 26.9 Å². The molecule has 1 aromatic rings. The first-order valence-corrected chi connectivity index (χ1v) is 10.4. The van der Waals surface area contributed by atoms with Crippen LogP contribution in [0.4, 0.5) is 18.0 Å². The van der Waals surface area contributed by atoms with Crippen LogP contribution in [0.25, 0.3) is 0 Å². The maximum Gasteiger partial charge on any atom is 0.416 e. The molecule has 8 nitrogen and oxygen atoms in total. The summed E-state index contributed by atoms with van der Waals surface area (Å²) in [4.78, 5) is 24.2. The monoisotopic (exact) mass is 456 g/mol. The molecule has 0 aromatic heterocycles. The number of halogens is 3. The summed E-state index contributed by atoms with van der Waals surface area (Å²) in [5.41, 5.74) is 1.98. The average Bonchev–Trinajstić information content (AvgIpc) is 3.27. The van der Waals surface area contributed by atoms with Crippen LogP contribution >= 0.6 is 0 Å². The molecule has 2 aliphatic rings. The topological polar surface area (TPSA) is 101 Å². The molecule has 0 bridgehead atoms. The minimum atomic E-state index is -4.54. The largest absolute Gasteiger partial charge is 0.444 e. The quantitative estimate of drug-likeness (QED) is 0.632. The van der Waals surface area contributed by atoms with E-state index < -0.39 is 36.3 Å². The summed E-state index contributed by atoms with van der Waals surface area (Å²) in [7, 11) is 0. The van der Waals surface area contributed by atoms with E-state index in [4.69, 9.17) is 9.47 Å². The van der Waals surface area contributed by atoms with Crippen molar-refractivity contribution in [2.24, 2.45) is 11.0 Å². The summed E-state index contributed by atoms with van der Waals surface area (Å²) in [6, 6.07) is 4.67. The number of hydrogen-bond acceptors (Lipinski definition) is 6. The van der Waals surface area contributed by atoms with E-state index in [1.54, 1.807) is 0 Å². The third kappa shape index (κ3) is 5.90. The summed E-state index contributed by atoms with van der Waals surface area (Å²) < 4.78 is 50.5. The van der Waals surface area contributed by atoms with Crippen molar-refractivity contribution in [1.29, 1.82) is 0 Å². The summed E-state index contributed by atoms with van der Waals surface area (Å²) >= 11 is 0. The SMILES string of the molecule is CC(C)NC(=O)O[C@H]1CO[C@@H](C2NN=C(NC(=O)Cc3ccccc3C(F)(F)F)C2C)C1. The Balaban J connectivity index is 1.52. The molecule has 4 atom stereocenters. The van der Waals surface area contributed by atoms with Gasteiger partial charge in [-0.2, -0.15) is 18.3 Å². The molecule has 1 aromatic carbocycles. The zero-order valence-corrected chi connectivity index (χ0v) is 18.0. The van der Waals surface area contributed by atoms with Crippen LogP contribution in [-0.4, -0.2) is 48.7 Å². The second-order valence-corrected chi connectivity index (χ2v) is 8.25. The third-order valence-electron chi connectivity index (χ3n) is 5.32. The van der Waals surface area contributed by atoms with Gasteiger partial charge in [0, 0.05) is 18.4 Å². The molecule has 2 aliphatic heterocycles. The number of nitrogens with one attached hydrogen (secondary N) is 3. The number of alkyl halides is 3. The predicted octanol–water partition coefficient (Wildman–Crippen LogP) is 2.58. The highest BCUT2D eigenvalue weighted by atomic mass is 19.4. The van der Waals surface area contributed by atoms with Crippen LogP contribution in [0, 0.1) is 5.92 Å². The van der Waals surface area contributed by atoms with E-state index in [1.165, 1.54) is 18.2 Å². The molecule has 176 valence electrons. The van der Waals surface area contributed by atoms with Crippen LogP contribution in [0.3, 0.4) is 0 Å². The number of benzene rings is 1. The smallest absolute Gasteiger partial charge is 0.416 e. The van der Waals surface area contributed by atoms with Crippen molar-refractivity contribution in [2.75, 3.05) is 6.61 Å². The number of hydrogen-bond donors (Lipinski definition) is 3. The Morgan fingerprint density at radius 1 is 1.31 bits per heavy atom. The van der Waals surface area contributed by atoms with E-state index in [0.717, 1.165) is 6.07 Å². The Kier molecular flexibility index (Phi) is 7.27. The maximum absolute atomic E-state index is 13.1. The molecule has 11 heteroatoms. The molecule has 2 amide bonds. The third-order valence-corrected chi connectivity index (χ3v) is 5.32. The molecule has 0 aliphatic carbocycles. The second-order valence-electron chi connectivity index (χ2n) is 8.25. The fraction of sp³-hybridized carbons (Fsp3) is 0.571. The first-order valence-electron chi connectivity index (χ1n) is 10.4. The highest BCUT2D eigenvalue weighted by Crippen LogP contribution is 2.32. The lowest BCUT2D eigenvalue weighted by Gasteiger charge is -2.22. The normalized spacial score (nSPS) is 25.3. The van der Waals surface area contributed by atoms with E-state index in [0.29, 0.717) is 12.3 Å². The number of ether oxygens (including phenoxy) is 2. The Morgan fingerprint density at radius 2 is 2.03 bits per heavy atom. The Bertz CT molecular complexity index is 875. The van der Waals surface area contributed by atoms with E-state index in [1.807, 2.05) is 20.8 Å². The van der Waals surface area contributed by atoms with Crippen molar-refractivity contribution in [2.45, 2.75) is 64.1 Å². The lowest BCUT2D eigenvalue weighted by atomic mass is 9.95. The van der Waals surface area contributed by atoms with E-state index in [9.17, 15) is 22.8 Å². The lowest BCUT2D eigenvalue weighted by molar-refractivity contribution is -0.138. The Morgan fingerprint density at radius 3 is 2.72 bits per heavy atom. The number of amides is 2. The van der Waals surface area contributed by atoms with Crippen molar-refractivity contribution in [3.05, 3.63) is 35.4 Å². The van der Waals surface area contributed by atoms with Crippen LogP contribution in [0.15, 0.2) is 29.4 Å². The van der Waals surface area contributed by atoms with Gasteiger partial charge in [-0.1, -0.05) is 25.1 Å². The van der Waals surface area contributed by atoms with Crippen molar-refractivity contribution < 1.29 is 32.2 Å². The first kappa shape index (κ1) is 23.8. The number of alkyl carbamates (subject to hydrolysis) is 1. The van der Waals surface area contributed by atoms with Crippen LogP contribution in [0.1, 0.15) is 38.3 Å². The summed E-state index contributed by atoms with van der Waals surface area (Å²) in [5.74, 6) is -0.520. The number of nitrogens with zero attached hydrogens (tertiary/aromatic N) is 1. The Hall–Kier alpha value is -2.82. The summed E-state index contributed by atoms with van der Waals surface area (Å²) in [5, 5.41) is 9.39. The molecule has 2 heterocycles. The highest BCUT2D eigenvalue weighted by Gasteiger charge is 2.41. The van der Waals surface area contributed by atoms with Crippen LogP contribution < -0.4 is 16.1 Å². The number of rotatable bonds is 5. The molecule has 0 spiro atoms. The van der Waals surface area contributed by atoms with Crippen molar-refractivity contribution in [3.63, 3.8) is 0 Å². The lowest BCUT2D eigenvalue weighted by Crippen LogP contribution is -2.43. The molecule has 3 rings (SSSR count). The van der Waals surface area contributed by atoms with Gasteiger partial charge in [-0.25, -0.2) is 4.79 Å². The predicted molar refractivity (Wildman–Crippen MR) is 110 cm³/mol. The van der Waals surface area contributed by atoms with Gasteiger partial charge in [-0.3, -0.25) is 4.79 Å². The van der Waals surface area contributed by atoms with Gasteiger partial charge in [0.05, 0.1) is 30.7 Å². The van der Waals surface area contributed by atoms with Gasteiger partial charge in [0.25, 0.3) is 0 Å². The average molecular weight is 456 g/mol. The van der Waals surface area contributed by atoms with Crippen LogP contribution in [0.2, 0.25) is 0 Å². The molecular formula is C21H27F3N4O4. The zero-order valence-electron chi connectivity index (χ0n) is 18.0. The molecule has 0 radical (unpaired) electrons. The molecule has 1 fully saturated rings. The minimum absolute atomic E-state index is 0.0418. The van der Waals surface area contributed by atoms with Crippen molar-refractivity contribution >= 4 is 17.8 Å². The van der Waals surface area contributed by atoms with Gasteiger partial charge in [-0.15, -0.1) is 0 Å². The van der Waals surface area contributed by atoms with E-state index in [-0.39, 0.29) is 36.3 Å². The minimum Gasteiger partial charge on any atom is -0.444 e.